The van der Waals surface area contributed by atoms with Gasteiger partial charge in [0.05, 0.1) is 18.7 Å². The van der Waals surface area contributed by atoms with Crippen molar-refractivity contribution >= 4 is 11.7 Å². The molecule has 0 fully saturated rings. The summed E-state index contributed by atoms with van der Waals surface area (Å²) in [6.45, 7) is 1.30. The van der Waals surface area contributed by atoms with E-state index < -0.39 is 5.97 Å². The zero-order valence-electron chi connectivity index (χ0n) is 11.8. The Labute approximate surface area is 118 Å². The molecule has 1 rings (SSSR count). The number of aliphatic carboxylic acids is 1. The van der Waals surface area contributed by atoms with Gasteiger partial charge in [-0.05, 0) is 24.7 Å². The Balaban J connectivity index is 2.71. The van der Waals surface area contributed by atoms with Crippen LogP contribution in [0.4, 0.5) is 10.1 Å². The third-order valence-electron chi connectivity index (χ3n) is 3.02. The second-order valence-electron chi connectivity index (χ2n) is 4.81. The van der Waals surface area contributed by atoms with Gasteiger partial charge in [0.25, 0.3) is 0 Å². The highest BCUT2D eigenvalue weighted by atomic mass is 19.1. The first-order chi connectivity index (χ1) is 9.43. The van der Waals surface area contributed by atoms with Crippen LogP contribution in [0.3, 0.4) is 0 Å². The Kier molecular flexibility index (Phi) is 6.41. The molecule has 0 amide bonds. The zero-order chi connectivity index (χ0) is 15.1. The molecule has 0 aliphatic heterocycles. The van der Waals surface area contributed by atoms with E-state index in [0.29, 0.717) is 25.3 Å². The van der Waals surface area contributed by atoms with E-state index in [2.05, 4.69) is 0 Å². The van der Waals surface area contributed by atoms with Crippen LogP contribution in [-0.4, -0.2) is 54.9 Å². The van der Waals surface area contributed by atoms with Crippen molar-refractivity contribution in [3.05, 3.63) is 29.6 Å². The number of anilines is 1. The van der Waals surface area contributed by atoms with Gasteiger partial charge in [0.1, 0.15) is 5.82 Å². The zero-order valence-corrected chi connectivity index (χ0v) is 11.8. The number of benzene rings is 1. The minimum atomic E-state index is -0.834. The van der Waals surface area contributed by atoms with E-state index in [-0.39, 0.29) is 18.8 Å². The summed E-state index contributed by atoms with van der Waals surface area (Å²) < 4.78 is 13.7. The fraction of sp³-hybridized carbons (Fsp3) is 0.500. The molecule has 1 aromatic rings. The van der Waals surface area contributed by atoms with Crippen molar-refractivity contribution in [2.45, 2.75) is 13.0 Å². The summed E-state index contributed by atoms with van der Waals surface area (Å²) in [6.07, 6.45) is 0.0783. The number of carboxylic acids is 1. The number of nitrogens with zero attached hydrogens (tertiary/aromatic N) is 2. The van der Waals surface area contributed by atoms with Crippen molar-refractivity contribution in [2.75, 3.05) is 38.7 Å². The molecule has 5 nitrogen and oxygen atoms in total. The maximum atomic E-state index is 13.7. The molecule has 6 heteroatoms. The van der Waals surface area contributed by atoms with Crippen LogP contribution >= 0.6 is 0 Å². The molecule has 0 radical (unpaired) electrons. The minimum absolute atomic E-state index is 0.0430. The summed E-state index contributed by atoms with van der Waals surface area (Å²) in [5.41, 5.74) is 1.34. The fourth-order valence-corrected chi connectivity index (χ4v) is 1.90. The number of aliphatic hydroxyl groups is 1. The Morgan fingerprint density at radius 3 is 2.60 bits per heavy atom. The number of carboxylic acid groups (broad SMARTS) is 1. The second-order valence-corrected chi connectivity index (χ2v) is 4.81. The van der Waals surface area contributed by atoms with Crippen molar-refractivity contribution in [1.29, 1.82) is 0 Å². The third kappa shape index (κ3) is 5.14. The first kappa shape index (κ1) is 16.4. The fourth-order valence-electron chi connectivity index (χ4n) is 1.90. The highest BCUT2D eigenvalue weighted by Gasteiger charge is 2.10. The summed E-state index contributed by atoms with van der Waals surface area (Å²) >= 11 is 0. The van der Waals surface area contributed by atoms with Crippen LogP contribution in [0.25, 0.3) is 0 Å². The summed E-state index contributed by atoms with van der Waals surface area (Å²) in [5.74, 6) is -1.17. The third-order valence-corrected chi connectivity index (χ3v) is 3.02. The molecule has 0 aliphatic rings. The van der Waals surface area contributed by atoms with Crippen molar-refractivity contribution in [3.63, 3.8) is 0 Å². The number of rotatable bonds is 8. The van der Waals surface area contributed by atoms with Crippen molar-refractivity contribution in [3.8, 4) is 0 Å². The molecule has 2 N–H and O–H groups in total. The lowest BCUT2D eigenvalue weighted by molar-refractivity contribution is -0.137. The lowest BCUT2D eigenvalue weighted by Crippen LogP contribution is -2.24. The van der Waals surface area contributed by atoms with E-state index in [1.54, 1.807) is 24.1 Å². The summed E-state index contributed by atoms with van der Waals surface area (Å²) in [7, 11) is 3.54. The van der Waals surface area contributed by atoms with E-state index in [0.717, 1.165) is 5.56 Å². The predicted octanol–water partition coefficient (Wildman–Crippen LogP) is 1.16. The van der Waals surface area contributed by atoms with Gasteiger partial charge in [0.15, 0.2) is 0 Å². The Hall–Kier alpha value is -1.66. The van der Waals surface area contributed by atoms with Gasteiger partial charge in [-0.1, -0.05) is 6.07 Å². The van der Waals surface area contributed by atoms with Crippen LogP contribution in [0.1, 0.15) is 12.0 Å². The van der Waals surface area contributed by atoms with Crippen molar-refractivity contribution in [2.24, 2.45) is 0 Å². The monoisotopic (exact) mass is 284 g/mol. The number of hydrogen-bond donors (Lipinski definition) is 2. The number of aliphatic hydroxyl groups excluding tert-OH is 1. The summed E-state index contributed by atoms with van der Waals surface area (Å²) in [5, 5.41) is 17.5. The lowest BCUT2D eigenvalue weighted by Gasteiger charge is -2.21. The molecular formula is C14H21FN2O3. The first-order valence-corrected chi connectivity index (χ1v) is 6.44. The first-order valence-electron chi connectivity index (χ1n) is 6.44. The average Bonchev–Trinajstić information content (AvgIpc) is 2.39. The average molecular weight is 284 g/mol. The molecule has 0 spiro atoms. The number of hydrogen-bond acceptors (Lipinski definition) is 4. The quantitative estimate of drug-likeness (QED) is 0.750. The molecule has 0 aromatic heterocycles. The maximum Gasteiger partial charge on any atom is 0.304 e. The molecule has 0 unspecified atom stereocenters. The smallest absolute Gasteiger partial charge is 0.304 e. The molecule has 0 bridgehead atoms. The van der Waals surface area contributed by atoms with Gasteiger partial charge in [-0.3, -0.25) is 4.79 Å². The molecule has 0 saturated heterocycles. The number of halogens is 1. The molecule has 0 saturated carbocycles. The normalized spacial score (nSPS) is 10.8. The molecule has 0 atom stereocenters. The molecule has 112 valence electrons. The molecule has 20 heavy (non-hydrogen) atoms. The Bertz CT molecular complexity index is 454. The van der Waals surface area contributed by atoms with Crippen LogP contribution in [-0.2, 0) is 11.3 Å². The second kappa shape index (κ2) is 7.81. The SMILES string of the molecule is CN(CCC(=O)O)Cc1ccc(F)c(N(C)CCO)c1. The highest BCUT2D eigenvalue weighted by molar-refractivity contribution is 5.66. The predicted molar refractivity (Wildman–Crippen MR) is 75.3 cm³/mol. The maximum absolute atomic E-state index is 13.7. The van der Waals surface area contributed by atoms with E-state index >= 15 is 0 Å². The van der Waals surface area contributed by atoms with E-state index in [9.17, 15) is 9.18 Å². The van der Waals surface area contributed by atoms with Crippen LogP contribution < -0.4 is 4.90 Å². The van der Waals surface area contributed by atoms with E-state index in [1.165, 1.54) is 6.07 Å². The van der Waals surface area contributed by atoms with Crippen LogP contribution in [0, 0.1) is 5.82 Å². The van der Waals surface area contributed by atoms with Gasteiger partial charge < -0.3 is 20.0 Å². The summed E-state index contributed by atoms with van der Waals surface area (Å²) in [4.78, 5) is 14.0. The molecule has 0 aliphatic carbocycles. The Morgan fingerprint density at radius 2 is 2.00 bits per heavy atom. The van der Waals surface area contributed by atoms with Crippen LogP contribution in [0.15, 0.2) is 18.2 Å². The van der Waals surface area contributed by atoms with Gasteiger partial charge in [0.2, 0.25) is 0 Å². The minimum Gasteiger partial charge on any atom is -0.481 e. The molecular weight excluding hydrogens is 263 g/mol. The molecule has 0 heterocycles. The van der Waals surface area contributed by atoms with Gasteiger partial charge in [-0.25, -0.2) is 4.39 Å². The van der Waals surface area contributed by atoms with Gasteiger partial charge in [-0.15, -0.1) is 0 Å². The van der Waals surface area contributed by atoms with Crippen molar-refractivity contribution in [1.82, 2.24) is 4.90 Å². The lowest BCUT2D eigenvalue weighted by atomic mass is 10.1. The Morgan fingerprint density at radius 1 is 1.30 bits per heavy atom. The number of likely N-dealkylation sites (N-methyl/N-ethyl adjacent to an activating group) is 1. The van der Waals surface area contributed by atoms with Crippen LogP contribution in [0.5, 0.6) is 0 Å². The van der Waals surface area contributed by atoms with E-state index in [4.69, 9.17) is 10.2 Å². The topological polar surface area (TPSA) is 64.0 Å². The van der Waals surface area contributed by atoms with Gasteiger partial charge in [-0.2, -0.15) is 0 Å². The van der Waals surface area contributed by atoms with Gasteiger partial charge in [0, 0.05) is 26.7 Å². The van der Waals surface area contributed by atoms with Crippen molar-refractivity contribution < 1.29 is 19.4 Å². The van der Waals surface area contributed by atoms with Crippen LogP contribution in [0.2, 0.25) is 0 Å². The van der Waals surface area contributed by atoms with Gasteiger partial charge >= 0.3 is 5.97 Å². The van der Waals surface area contributed by atoms with E-state index in [1.807, 2.05) is 11.9 Å². The number of carbonyl (C=O) groups is 1. The summed E-state index contributed by atoms with van der Waals surface area (Å²) in [6, 6.07) is 4.80. The molecule has 1 aromatic carbocycles. The standard InChI is InChI=1S/C14H21FN2O3/c1-16(6-5-14(19)20)10-11-3-4-12(15)13(9-11)17(2)7-8-18/h3-4,9,18H,5-8,10H2,1-2H3,(H,19,20). The highest BCUT2D eigenvalue weighted by Crippen LogP contribution is 2.20. The largest absolute Gasteiger partial charge is 0.481 e.